The van der Waals surface area contributed by atoms with Crippen LogP contribution in [0.3, 0.4) is 0 Å². The third-order valence-corrected chi connectivity index (χ3v) is 7.08. The van der Waals surface area contributed by atoms with Crippen molar-refractivity contribution in [3.05, 3.63) is 53.8 Å². The Morgan fingerprint density at radius 3 is 2.42 bits per heavy atom. The Morgan fingerprint density at radius 1 is 0.889 bits per heavy atom. The summed E-state index contributed by atoms with van der Waals surface area (Å²) in [5, 5.41) is 2.79. The molecule has 0 spiro atoms. The highest BCUT2D eigenvalue weighted by Crippen LogP contribution is 2.37. The molecule has 3 aliphatic rings. The van der Waals surface area contributed by atoms with E-state index in [2.05, 4.69) is 22.3 Å². The molecule has 1 N–H and O–H groups in total. The van der Waals surface area contributed by atoms with Crippen LogP contribution in [0.25, 0.3) is 0 Å². The maximum Gasteiger partial charge on any atom is 0.238 e. The number of carbonyl (C=O) groups is 2. The number of likely N-dealkylation sites (tertiary alicyclic amines) is 1. The second-order valence-electron chi connectivity index (χ2n) is 9.60. The molecule has 0 radical (unpaired) electrons. The van der Waals surface area contributed by atoms with Gasteiger partial charge in [-0.2, -0.15) is 0 Å². The average Bonchev–Trinajstić information content (AvgIpc) is 3.21. The zero-order valence-electron chi connectivity index (χ0n) is 20.5. The van der Waals surface area contributed by atoms with Crippen LogP contribution in [0, 0.1) is 5.82 Å². The van der Waals surface area contributed by atoms with Crippen molar-refractivity contribution in [1.29, 1.82) is 0 Å². The second kappa shape index (κ2) is 11.3. The number of rotatable bonds is 6. The van der Waals surface area contributed by atoms with Gasteiger partial charge in [-0.25, -0.2) is 4.39 Å². The van der Waals surface area contributed by atoms with Crippen molar-refractivity contribution in [2.45, 2.75) is 25.3 Å². The average molecular weight is 497 g/mol. The highest BCUT2D eigenvalue weighted by Gasteiger charge is 2.31. The highest BCUT2D eigenvalue weighted by molar-refractivity contribution is 5.92. The monoisotopic (exact) mass is 496 g/mol. The molecule has 0 saturated carbocycles. The number of nitrogens with one attached hydrogen (secondary N) is 1. The summed E-state index contributed by atoms with van der Waals surface area (Å²) < 4.78 is 24.7. The van der Waals surface area contributed by atoms with Gasteiger partial charge in [0.1, 0.15) is 5.82 Å². The van der Waals surface area contributed by atoms with Crippen molar-refractivity contribution in [2.24, 2.45) is 0 Å². The summed E-state index contributed by atoms with van der Waals surface area (Å²) in [6.45, 7) is 5.36. The number of ether oxygens (including phenoxy) is 2. The summed E-state index contributed by atoms with van der Waals surface area (Å²) in [4.78, 5) is 31.7. The minimum Gasteiger partial charge on any atom is -0.490 e. The van der Waals surface area contributed by atoms with Crippen molar-refractivity contribution >= 4 is 17.5 Å². The number of nitrogens with zero attached hydrogens (tertiary/aromatic N) is 3. The van der Waals surface area contributed by atoms with Crippen LogP contribution in [0.2, 0.25) is 0 Å². The molecule has 0 aromatic heterocycles. The van der Waals surface area contributed by atoms with Gasteiger partial charge in [-0.15, -0.1) is 0 Å². The van der Waals surface area contributed by atoms with E-state index in [4.69, 9.17) is 9.47 Å². The Hall–Kier alpha value is -3.17. The number of piperazine rings is 1. The van der Waals surface area contributed by atoms with E-state index >= 15 is 0 Å². The van der Waals surface area contributed by atoms with Crippen LogP contribution in [0.4, 0.5) is 10.1 Å². The molecule has 192 valence electrons. The van der Waals surface area contributed by atoms with E-state index in [0.29, 0.717) is 51.6 Å². The van der Waals surface area contributed by atoms with Gasteiger partial charge in [-0.1, -0.05) is 6.07 Å². The van der Waals surface area contributed by atoms with Gasteiger partial charge in [0.25, 0.3) is 0 Å². The molecule has 1 unspecified atom stereocenters. The summed E-state index contributed by atoms with van der Waals surface area (Å²) in [7, 11) is 0. The maximum atomic E-state index is 13.1. The van der Waals surface area contributed by atoms with E-state index in [1.807, 2.05) is 15.9 Å². The summed E-state index contributed by atoms with van der Waals surface area (Å²) in [5.41, 5.74) is 1.74. The van der Waals surface area contributed by atoms with Crippen LogP contribution >= 0.6 is 0 Å². The number of halogens is 1. The van der Waals surface area contributed by atoms with Gasteiger partial charge >= 0.3 is 0 Å². The number of anilines is 1. The Labute approximate surface area is 210 Å². The van der Waals surface area contributed by atoms with Gasteiger partial charge in [0, 0.05) is 44.3 Å². The van der Waals surface area contributed by atoms with Gasteiger partial charge in [0.15, 0.2) is 11.5 Å². The Balaban J connectivity index is 1.10. The smallest absolute Gasteiger partial charge is 0.238 e. The minimum atomic E-state index is -0.337. The summed E-state index contributed by atoms with van der Waals surface area (Å²) in [6.07, 6.45) is 2.95. The predicted molar refractivity (Wildman–Crippen MR) is 134 cm³/mol. The molecule has 2 aromatic rings. The number of hydrogen-bond acceptors (Lipinski definition) is 6. The van der Waals surface area contributed by atoms with E-state index in [0.717, 1.165) is 37.3 Å². The minimum absolute atomic E-state index is 0.131. The zero-order chi connectivity index (χ0) is 24.9. The summed E-state index contributed by atoms with van der Waals surface area (Å²) in [6, 6.07) is 12.1. The number of amides is 2. The van der Waals surface area contributed by atoms with E-state index in [-0.39, 0.29) is 30.2 Å². The van der Waals surface area contributed by atoms with Crippen LogP contribution in [-0.2, 0) is 9.59 Å². The topological polar surface area (TPSA) is 74.4 Å². The SMILES string of the molecule is O=C(CN1CCN(C(=O)CN2CCCC2c2ccc3c(c2)OCCCO3)CC1)Nc1ccc(F)cc1. The Morgan fingerprint density at radius 2 is 1.64 bits per heavy atom. The first kappa shape index (κ1) is 24.5. The number of hydrogen-bond donors (Lipinski definition) is 1. The van der Waals surface area contributed by atoms with Gasteiger partial charge in [0.2, 0.25) is 11.8 Å². The lowest BCUT2D eigenvalue weighted by atomic mass is 10.0. The van der Waals surface area contributed by atoms with Gasteiger partial charge in [-0.05, 0) is 61.3 Å². The molecule has 36 heavy (non-hydrogen) atoms. The standard InChI is InChI=1S/C27H33FN4O4/c28-21-5-7-22(8-6-21)29-26(33)18-30-11-13-31(14-12-30)27(34)19-32-10-1-3-23(32)20-4-9-24-25(17-20)36-16-2-15-35-24/h4-9,17,23H,1-3,10-16,18-19H2,(H,29,33). The Bertz CT molecular complexity index is 1070. The van der Waals surface area contributed by atoms with Crippen LogP contribution < -0.4 is 14.8 Å². The number of carbonyl (C=O) groups excluding carboxylic acids is 2. The molecule has 5 rings (SSSR count). The fourth-order valence-electron chi connectivity index (χ4n) is 5.15. The third kappa shape index (κ3) is 5.96. The predicted octanol–water partition coefficient (Wildman–Crippen LogP) is 2.91. The third-order valence-electron chi connectivity index (χ3n) is 7.08. The fraction of sp³-hybridized carbons (Fsp3) is 0.481. The zero-order valence-corrected chi connectivity index (χ0v) is 20.5. The molecular weight excluding hydrogens is 463 g/mol. The first-order valence-corrected chi connectivity index (χ1v) is 12.7. The molecule has 1 atom stereocenters. The van der Waals surface area contributed by atoms with Gasteiger partial charge < -0.3 is 19.7 Å². The molecule has 3 aliphatic heterocycles. The first-order chi connectivity index (χ1) is 17.5. The molecule has 2 aromatic carbocycles. The molecule has 2 saturated heterocycles. The molecule has 3 heterocycles. The van der Waals surface area contributed by atoms with Crippen molar-refractivity contribution in [3.63, 3.8) is 0 Å². The molecule has 0 aliphatic carbocycles. The second-order valence-corrected chi connectivity index (χ2v) is 9.60. The summed E-state index contributed by atoms with van der Waals surface area (Å²) >= 11 is 0. The van der Waals surface area contributed by atoms with E-state index in [9.17, 15) is 14.0 Å². The number of benzene rings is 2. The van der Waals surface area contributed by atoms with Crippen LogP contribution in [0.1, 0.15) is 30.9 Å². The van der Waals surface area contributed by atoms with E-state index in [1.54, 1.807) is 12.1 Å². The summed E-state index contributed by atoms with van der Waals surface area (Å²) in [5.74, 6) is 1.24. The van der Waals surface area contributed by atoms with Gasteiger partial charge in [0.05, 0.1) is 26.3 Å². The molecule has 0 bridgehead atoms. The number of fused-ring (bicyclic) bond motifs is 1. The maximum absolute atomic E-state index is 13.1. The van der Waals surface area contributed by atoms with Crippen molar-refractivity contribution in [3.8, 4) is 11.5 Å². The quantitative estimate of drug-likeness (QED) is 0.663. The van der Waals surface area contributed by atoms with Crippen molar-refractivity contribution in [1.82, 2.24) is 14.7 Å². The molecule has 2 fully saturated rings. The molecule has 9 heteroatoms. The molecular formula is C27H33FN4O4. The van der Waals surface area contributed by atoms with Gasteiger partial charge in [-0.3, -0.25) is 19.4 Å². The highest BCUT2D eigenvalue weighted by atomic mass is 19.1. The van der Waals surface area contributed by atoms with E-state index in [1.165, 1.54) is 17.7 Å². The largest absolute Gasteiger partial charge is 0.490 e. The lowest BCUT2D eigenvalue weighted by molar-refractivity contribution is -0.134. The van der Waals surface area contributed by atoms with Crippen LogP contribution in [-0.4, -0.2) is 85.5 Å². The fourth-order valence-corrected chi connectivity index (χ4v) is 5.15. The van der Waals surface area contributed by atoms with Crippen molar-refractivity contribution in [2.75, 3.05) is 64.3 Å². The molecule has 2 amide bonds. The molecule has 8 nitrogen and oxygen atoms in total. The van der Waals surface area contributed by atoms with Crippen LogP contribution in [0.15, 0.2) is 42.5 Å². The first-order valence-electron chi connectivity index (χ1n) is 12.7. The van der Waals surface area contributed by atoms with Crippen molar-refractivity contribution < 1.29 is 23.5 Å². The lowest BCUT2D eigenvalue weighted by Gasteiger charge is -2.35. The normalized spacial score (nSPS) is 20.7. The van der Waals surface area contributed by atoms with Crippen LogP contribution in [0.5, 0.6) is 11.5 Å². The van der Waals surface area contributed by atoms with E-state index < -0.39 is 0 Å². The Kier molecular flexibility index (Phi) is 7.67. The lowest BCUT2D eigenvalue weighted by Crippen LogP contribution is -2.52.